The molecule has 0 bridgehead atoms. The van der Waals surface area contributed by atoms with Gasteiger partial charge in [0.1, 0.15) is 11.7 Å². The third kappa shape index (κ3) is 3.41. The van der Waals surface area contributed by atoms with Gasteiger partial charge in [-0.25, -0.2) is 4.39 Å². The fraction of sp³-hybridized carbons (Fsp3) is 0.400. The normalized spacial score (nSPS) is 12.3. The van der Waals surface area contributed by atoms with Crippen LogP contribution in [0.2, 0.25) is 0 Å². The van der Waals surface area contributed by atoms with E-state index in [1.165, 1.54) is 26.0 Å². The Morgan fingerprint density at radius 3 is 2.35 bits per heavy atom. The average molecular weight is 277 g/mol. The minimum atomic E-state index is -1.24. The molecule has 1 aromatic rings. The lowest BCUT2D eigenvalue weighted by Crippen LogP contribution is -2.38. The fourth-order valence-electron chi connectivity index (χ4n) is 1.80. The summed E-state index contributed by atoms with van der Waals surface area (Å²) >= 11 is 0. The lowest BCUT2D eigenvalue weighted by atomic mass is 9.76. The van der Waals surface area contributed by atoms with Gasteiger partial charge >= 0.3 is 5.97 Å². The van der Waals surface area contributed by atoms with Crippen molar-refractivity contribution in [1.29, 1.82) is 5.26 Å². The number of esters is 1. The number of nitriles is 1. The van der Waals surface area contributed by atoms with Gasteiger partial charge in [0.05, 0.1) is 18.1 Å². The fourth-order valence-corrected chi connectivity index (χ4v) is 1.80. The molecule has 1 rings (SSSR count). The van der Waals surface area contributed by atoms with Gasteiger partial charge < -0.3 is 4.74 Å². The Kier molecular flexibility index (Phi) is 4.98. The van der Waals surface area contributed by atoms with E-state index in [-0.39, 0.29) is 12.2 Å². The summed E-state index contributed by atoms with van der Waals surface area (Å²) in [4.78, 5) is 24.4. The van der Waals surface area contributed by atoms with Crippen molar-refractivity contribution in [3.8, 4) is 6.07 Å². The van der Waals surface area contributed by atoms with Gasteiger partial charge in [-0.05, 0) is 45.0 Å². The maximum Gasteiger partial charge on any atom is 0.318 e. The summed E-state index contributed by atoms with van der Waals surface area (Å²) in [7, 11) is 0. The van der Waals surface area contributed by atoms with E-state index in [1.54, 1.807) is 6.92 Å². The van der Waals surface area contributed by atoms with Crippen LogP contribution in [0.4, 0.5) is 4.39 Å². The van der Waals surface area contributed by atoms with Gasteiger partial charge in [0, 0.05) is 5.56 Å². The molecule has 1 atom stereocenters. The standard InChI is InChI=1S/C15H16FNO3/c1-4-20-14(19)12(15(2,3)9-17)13(18)10-5-7-11(16)8-6-10/h5-8,12H,4H2,1-3H3. The summed E-state index contributed by atoms with van der Waals surface area (Å²) in [5.74, 6) is -3.00. The molecule has 0 fully saturated rings. The van der Waals surface area contributed by atoms with Crippen molar-refractivity contribution in [2.45, 2.75) is 20.8 Å². The van der Waals surface area contributed by atoms with Gasteiger partial charge in [-0.2, -0.15) is 5.26 Å². The number of halogens is 1. The predicted molar refractivity (Wildman–Crippen MR) is 70.2 cm³/mol. The van der Waals surface area contributed by atoms with E-state index in [4.69, 9.17) is 10.00 Å². The molecule has 0 aliphatic rings. The van der Waals surface area contributed by atoms with Crippen molar-refractivity contribution in [2.24, 2.45) is 11.3 Å². The number of nitrogens with zero attached hydrogens (tertiary/aromatic N) is 1. The highest BCUT2D eigenvalue weighted by Gasteiger charge is 2.42. The van der Waals surface area contributed by atoms with Crippen LogP contribution in [0, 0.1) is 28.5 Å². The molecule has 0 saturated heterocycles. The highest BCUT2D eigenvalue weighted by Crippen LogP contribution is 2.30. The monoisotopic (exact) mass is 277 g/mol. The van der Waals surface area contributed by atoms with Crippen LogP contribution in [0.3, 0.4) is 0 Å². The van der Waals surface area contributed by atoms with Crippen molar-refractivity contribution in [2.75, 3.05) is 6.61 Å². The predicted octanol–water partition coefficient (Wildman–Crippen LogP) is 2.74. The van der Waals surface area contributed by atoms with E-state index in [0.29, 0.717) is 0 Å². The Bertz CT molecular complexity index is 543. The van der Waals surface area contributed by atoms with Gasteiger partial charge in [-0.1, -0.05) is 0 Å². The SMILES string of the molecule is CCOC(=O)C(C(=O)c1ccc(F)cc1)C(C)(C)C#N. The summed E-state index contributed by atoms with van der Waals surface area (Å²) in [6, 6.07) is 6.79. The van der Waals surface area contributed by atoms with E-state index in [1.807, 2.05) is 6.07 Å². The zero-order valence-electron chi connectivity index (χ0n) is 11.6. The first-order chi connectivity index (χ1) is 9.33. The number of carbonyl (C=O) groups excluding carboxylic acids is 2. The molecule has 0 N–H and O–H groups in total. The van der Waals surface area contributed by atoms with Crippen molar-refractivity contribution in [3.63, 3.8) is 0 Å². The van der Waals surface area contributed by atoms with E-state index < -0.39 is 28.9 Å². The molecule has 1 aromatic carbocycles. The molecule has 106 valence electrons. The number of benzene rings is 1. The van der Waals surface area contributed by atoms with E-state index in [0.717, 1.165) is 12.1 Å². The molecule has 0 heterocycles. The number of hydrogen-bond acceptors (Lipinski definition) is 4. The molecule has 0 spiro atoms. The second-order valence-corrected chi connectivity index (χ2v) is 4.89. The molecule has 0 radical (unpaired) electrons. The van der Waals surface area contributed by atoms with Crippen LogP contribution >= 0.6 is 0 Å². The van der Waals surface area contributed by atoms with Crippen molar-refractivity contribution >= 4 is 11.8 Å². The molecule has 5 heteroatoms. The van der Waals surface area contributed by atoms with Crippen LogP contribution in [0.15, 0.2) is 24.3 Å². The zero-order valence-corrected chi connectivity index (χ0v) is 11.6. The molecule has 4 nitrogen and oxygen atoms in total. The molecule has 0 aliphatic carbocycles. The number of hydrogen-bond donors (Lipinski definition) is 0. The minimum absolute atomic E-state index is 0.119. The summed E-state index contributed by atoms with van der Waals surface area (Å²) in [5, 5.41) is 9.15. The van der Waals surface area contributed by atoms with Gasteiger partial charge in [0.25, 0.3) is 0 Å². The Morgan fingerprint density at radius 1 is 1.35 bits per heavy atom. The number of ketones is 1. The number of carbonyl (C=O) groups is 2. The van der Waals surface area contributed by atoms with Gasteiger partial charge in [-0.15, -0.1) is 0 Å². The first-order valence-electron chi connectivity index (χ1n) is 6.21. The third-order valence-corrected chi connectivity index (χ3v) is 2.92. The van der Waals surface area contributed by atoms with Crippen molar-refractivity contribution in [3.05, 3.63) is 35.6 Å². The van der Waals surface area contributed by atoms with Crippen LogP contribution in [0.5, 0.6) is 0 Å². The van der Waals surface area contributed by atoms with Crippen LogP contribution in [-0.4, -0.2) is 18.4 Å². The number of rotatable bonds is 5. The summed E-state index contributed by atoms with van der Waals surface area (Å²) in [6.45, 7) is 4.73. The Labute approximate surface area is 117 Å². The Morgan fingerprint density at radius 2 is 1.90 bits per heavy atom. The van der Waals surface area contributed by atoms with E-state index >= 15 is 0 Å². The molecular formula is C15H16FNO3. The Hall–Kier alpha value is -2.22. The summed E-state index contributed by atoms with van der Waals surface area (Å²) in [6.07, 6.45) is 0. The van der Waals surface area contributed by atoms with Gasteiger partial charge in [-0.3, -0.25) is 9.59 Å². The molecule has 1 unspecified atom stereocenters. The first-order valence-corrected chi connectivity index (χ1v) is 6.21. The van der Waals surface area contributed by atoms with Crippen molar-refractivity contribution < 1.29 is 18.7 Å². The largest absolute Gasteiger partial charge is 0.465 e. The molecule has 20 heavy (non-hydrogen) atoms. The van der Waals surface area contributed by atoms with Crippen LogP contribution in [-0.2, 0) is 9.53 Å². The lowest BCUT2D eigenvalue weighted by Gasteiger charge is -2.24. The van der Waals surface area contributed by atoms with Gasteiger partial charge in [0.2, 0.25) is 0 Å². The highest BCUT2D eigenvalue weighted by molar-refractivity contribution is 6.09. The topological polar surface area (TPSA) is 67.2 Å². The summed E-state index contributed by atoms with van der Waals surface area (Å²) in [5.41, 5.74) is -1.04. The minimum Gasteiger partial charge on any atom is -0.465 e. The number of Topliss-reactive ketones (excluding diaryl/α,β-unsaturated/α-hetero) is 1. The maximum atomic E-state index is 12.9. The van der Waals surface area contributed by atoms with E-state index in [9.17, 15) is 14.0 Å². The molecule has 0 amide bonds. The second kappa shape index (κ2) is 6.29. The molecular weight excluding hydrogens is 261 g/mol. The van der Waals surface area contributed by atoms with Crippen molar-refractivity contribution in [1.82, 2.24) is 0 Å². The van der Waals surface area contributed by atoms with Crippen LogP contribution in [0.1, 0.15) is 31.1 Å². The summed E-state index contributed by atoms with van der Waals surface area (Å²) < 4.78 is 17.7. The lowest BCUT2D eigenvalue weighted by molar-refractivity contribution is -0.148. The second-order valence-electron chi connectivity index (χ2n) is 4.89. The zero-order chi connectivity index (χ0) is 15.3. The van der Waals surface area contributed by atoms with Crippen LogP contribution in [0.25, 0.3) is 0 Å². The number of ether oxygens (including phenoxy) is 1. The quantitative estimate of drug-likeness (QED) is 0.471. The average Bonchev–Trinajstić information content (AvgIpc) is 2.39. The smallest absolute Gasteiger partial charge is 0.318 e. The maximum absolute atomic E-state index is 12.9. The van der Waals surface area contributed by atoms with Crippen LogP contribution < -0.4 is 0 Å². The molecule has 0 saturated carbocycles. The van der Waals surface area contributed by atoms with Gasteiger partial charge in [0.15, 0.2) is 5.78 Å². The molecule has 0 aromatic heterocycles. The van der Waals surface area contributed by atoms with E-state index in [2.05, 4.69) is 0 Å². The first kappa shape index (κ1) is 15.8. The highest BCUT2D eigenvalue weighted by atomic mass is 19.1. The molecule has 0 aliphatic heterocycles. The third-order valence-electron chi connectivity index (χ3n) is 2.92. The Balaban J connectivity index is 3.17.